The Labute approximate surface area is 380 Å². The molecule has 0 bridgehead atoms. The van der Waals surface area contributed by atoms with Crippen molar-refractivity contribution in [2.75, 3.05) is 26.4 Å². The highest BCUT2D eigenvalue weighted by Gasteiger charge is 2.37. The summed E-state index contributed by atoms with van der Waals surface area (Å²) in [7, 11) is 0. The van der Waals surface area contributed by atoms with E-state index in [-0.39, 0.29) is 53.5 Å². The molecule has 0 heterocycles. The molecule has 4 fully saturated rings. The van der Waals surface area contributed by atoms with Crippen LogP contribution < -0.4 is 9.47 Å². The summed E-state index contributed by atoms with van der Waals surface area (Å²) < 4.78 is 33.2. The number of benzene rings is 1. The molecule has 0 saturated heterocycles. The van der Waals surface area contributed by atoms with Crippen molar-refractivity contribution in [1.82, 2.24) is 0 Å². The Morgan fingerprint density at radius 2 is 0.797 bits per heavy atom. The Morgan fingerprint density at radius 1 is 0.484 bits per heavy atom. The molecule has 4 saturated carbocycles. The van der Waals surface area contributed by atoms with Crippen LogP contribution >= 0.6 is 0 Å². The Bertz CT molecular complexity index is 1730. The molecule has 0 unspecified atom stereocenters. The summed E-state index contributed by atoms with van der Waals surface area (Å²) in [4.78, 5) is 74.7. The van der Waals surface area contributed by atoms with Crippen LogP contribution in [0.15, 0.2) is 37.4 Å². The van der Waals surface area contributed by atoms with Crippen molar-refractivity contribution in [3.05, 3.63) is 48.6 Å². The molecule has 0 atom stereocenters. The maximum atomic E-state index is 13.6. The molecule has 354 valence electrons. The molecule has 64 heavy (non-hydrogen) atoms. The third-order valence-corrected chi connectivity index (χ3v) is 14.5. The van der Waals surface area contributed by atoms with Crippen molar-refractivity contribution < 1.29 is 57.2 Å². The standard InChI is InChI=1S/C52H74O12/c1-6-47(53)59-28-8-10-30-61-49(55)40-20-12-36(13-21-40)38-16-24-42(25-17-38)51(57)63-45-33-44(34(3)4)46(32-35(45)5)64-52(58)43-26-18-39(19-27-43)37-14-22-41(23-15-37)50(56)62-31-11-9-29-60-48(54)7-2/h6-7,32-34,36-43H,1-2,8-31H2,3-5H3. The van der Waals surface area contributed by atoms with E-state index in [0.29, 0.717) is 87.3 Å². The van der Waals surface area contributed by atoms with Crippen LogP contribution in [-0.4, -0.2) is 62.2 Å². The Kier molecular flexibility index (Phi) is 20.4. The Hall–Kier alpha value is -4.48. The fourth-order valence-corrected chi connectivity index (χ4v) is 10.5. The first kappa shape index (κ1) is 50.5. The van der Waals surface area contributed by atoms with E-state index in [9.17, 15) is 28.8 Å². The quantitative estimate of drug-likeness (QED) is 0.0379. The fourth-order valence-electron chi connectivity index (χ4n) is 10.5. The minimum absolute atomic E-state index is 0.0471. The molecule has 0 radical (unpaired) electrons. The van der Waals surface area contributed by atoms with Gasteiger partial charge in [-0.15, -0.1) is 0 Å². The minimum atomic E-state index is -0.445. The van der Waals surface area contributed by atoms with Gasteiger partial charge >= 0.3 is 35.8 Å². The molecule has 4 aliphatic carbocycles. The molecule has 4 aliphatic rings. The maximum absolute atomic E-state index is 13.6. The van der Waals surface area contributed by atoms with Gasteiger partial charge in [-0.1, -0.05) is 27.0 Å². The highest BCUT2D eigenvalue weighted by Crippen LogP contribution is 2.44. The minimum Gasteiger partial charge on any atom is -0.465 e. The number of rotatable bonds is 21. The summed E-state index contributed by atoms with van der Waals surface area (Å²) in [5.74, 6) is 1.31. The summed E-state index contributed by atoms with van der Waals surface area (Å²) in [6.45, 7) is 14.0. The molecule has 1 aromatic carbocycles. The van der Waals surface area contributed by atoms with E-state index >= 15 is 0 Å². The van der Waals surface area contributed by atoms with Gasteiger partial charge in [0.2, 0.25) is 0 Å². The van der Waals surface area contributed by atoms with E-state index in [2.05, 4.69) is 13.2 Å². The van der Waals surface area contributed by atoms with E-state index in [1.807, 2.05) is 32.9 Å². The summed E-state index contributed by atoms with van der Waals surface area (Å²) in [5.41, 5.74) is 1.60. The van der Waals surface area contributed by atoms with E-state index in [0.717, 1.165) is 126 Å². The molecule has 5 rings (SSSR count). The van der Waals surface area contributed by atoms with Crippen LogP contribution in [0.1, 0.15) is 159 Å². The van der Waals surface area contributed by atoms with Gasteiger partial charge in [-0.2, -0.15) is 0 Å². The van der Waals surface area contributed by atoms with Gasteiger partial charge in [-0.25, -0.2) is 9.59 Å². The van der Waals surface area contributed by atoms with Crippen molar-refractivity contribution in [1.29, 1.82) is 0 Å². The van der Waals surface area contributed by atoms with Crippen molar-refractivity contribution >= 4 is 35.8 Å². The lowest BCUT2D eigenvalue weighted by atomic mass is 9.69. The molecule has 0 aromatic heterocycles. The van der Waals surface area contributed by atoms with Gasteiger partial charge < -0.3 is 28.4 Å². The zero-order valence-corrected chi connectivity index (χ0v) is 38.8. The monoisotopic (exact) mass is 891 g/mol. The highest BCUT2D eigenvalue weighted by molar-refractivity contribution is 5.81. The van der Waals surface area contributed by atoms with E-state index in [1.54, 1.807) is 0 Å². The maximum Gasteiger partial charge on any atom is 0.330 e. The van der Waals surface area contributed by atoms with Gasteiger partial charge in [0.25, 0.3) is 0 Å². The Morgan fingerprint density at radius 3 is 1.12 bits per heavy atom. The summed E-state index contributed by atoms with van der Waals surface area (Å²) >= 11 is 0. The largest absolute Gasteiger partial charge is 0.465 e. The lowest BCUT2D eigenvalue weighted by Crippen LogP contribution is -2.32. The van der Waals surface area contributed by atoms with Gasteiger partial charge in [0, 0.05) is 17.7 Å². The topological polar surface area (TPSA) is 158 Å². The molecule has 0 aliphatic heterocycles. The SMILES string of the molecule is C=CC(=O)OCCCCOC(=O)C1CCC(C2CCC(C(=O)Oc3cc(C(C)C)c(OC(=O)C4CCC(C5CCC(C(=O)OCCCCOC(=O)C=C)CC5)CC4)cc3C)CC2)CC1. The van der Waals surface area contributed by atoms with Crippen LogP contribution in [0.2, 0.25) is 0 Å². The van der Waals surface area contributed by atoms with Crippen LogP contribution in [0.5, 0.6) is 11.5 Å². The third kappa shape index (κ3) is 15.3. The number of ether oxygens (including phenoxy) is 6. The summed E-state index contributed by atoms with van der Waals surface area (Å²) in [6.07, 6.45) is 19.2. The van der Waals surface area contributed by atoms with Crippen molar-refractivity contribution in [2.45, 2.75) is 155 Å². The normalized spacial score (nSPS) is 25.9. The number of hydrogen-bond donors (Lipinski definition) is 0. The number of unbranched alkanes of at least 4 members (excludes halogenated alkanes) is 2. The average molecular weight is 891 g/mol. The van der Waals surface area contributed by atoms with Gasteiger partial charge in [0.05, 0.1) is 50.1 Å². The second-order valence-electron chi connectivity index (χ2n) is 19.1. The van der Waals surface area contributed by atoms with Gasteiger partial charge in [0.1, 0.15) is 11.5 Å². The average Bonchev–Trinajstić information content (AvgIpc) is 3.31. The van der Waals surface area contributed by atoms with E-state index in [4.69, 9.17) is 28.4 Å². The first-order valence-electron chi connectivity index (χ1n) is 24.4. The molecule has 0 N–H and O–H groups in total. The van der Waals surface area contributed by atoms with Crippen LogP contribution in [0.4, 0.5) is 0 Å². The van der Waals surface area contributed by atoms with Gasteiger partial charge in [-0.3, -0.25) is 19.2 Å². The lowest BCUT2D eigenvalue weighted by molar-refractivity contribution is -0.151. The second-order valence-corrected chi connectivity index (χ2v) is 19.1. The lowest BCUT2D eigenvalue weighted by Gasteiger charge is -2.37. The number of carbonyl (C=O) groups excluding carboxylic acids is 6. The molecule has 12 nitrogen and oxygen atoms in total. The molecule has 1 aromatic rings. The summed E-state index contributed by atoms with van der Waals surface area (Å²) in [5, 5.41) is 0. The predicted octanol–water partition coefficient (Wildman–Crippen LogP) is 10.3. The van der Waals surface area contributed by atoms with Gasteiger partial charge in [-0.05, 0) is 183 Å². The van der Waals surface area contributed by atoms with Crippen LogP contribution in [0.3, 0.4) is 0 Å². The van der Waals surface area contributed by atoms with E-state index < -0.39 is 11.9 Å². The fraction of sp³-hybridized carbons (Fsp3) is 0.692. The van der Waals surface area contributed by atoms with Crippen molar-refractivity contribution in [2.24, 2.45) is 47.3 Å². The number of hydrogen-bond acceptors (Lipinski definition) is 12. The Balaban J connectivity index is 0.988. The zero-order valence-electron chi connectivity index (χ0n) is 38.8. The molecular weight excluding hydrogens is 817 g/mol. The molecule has 12 heteroatoms. The van der Waals surface area contributed by atoms with Crippen LogP contribution in [-0.2, 0) is 47.7 Å². The van der Waals surface area contributed by atoms with Crippen molar-refractivity contribution in [3.63, 3.8) is 0 Å². The number of carbonyl (C=O) groups is 6. The second kappa shape index (κ2) is 25.9. The molecule has 0 amide bonds. The first-order valence-corrected chi connectivity index (χ1v) is 24.4. The van der Waals surface area contributed by atoms with Crippen LogP contribution in [0.25, 0.3) is 0 Å². The van der Waals surface area contributed by atoms with Crippen molar-refractivity contribution in [3.8, 4) is 11.5 Å². The highest BCUT2D eigenvalue weighted by atomic mass is 16.6. The predicted molar refractivity (Wildman–Crippen MR) is 241 cm³/mol. The number of esters is 6. The first-order chi connectivity index (χ1) is 30.9. The molecular formula is C52H74O12. The van der Waals surface area contributed by atoms with Crippen LogP contribution in [0, 0.1) is 54.3 Å². The number of aryl methyl sites for hydroxylation is 1. The smallest absolute Gasteiger partial charge is 0.330 e. The third-order valence-electron chi connectivity index (χ3n) is 14.5. The van der Waals surface area contributed by atoms with Gasteiger partial charge in [0.15, 0.2) is 0 Å². The summed E-state index contributed by atoms with van der Waals surface area (Å²) in [6, 6.07) is 3.72. The van der Waals surface area contributed by atoms with E-state index in [1.165, 1.54) is 0 Å². The molecule has 0 spiro atoms. The zero-order chi connectivity index (χ0) is 46.0.